The van der Waals surface area contributed by atoms with Crippen LogP contribution in [0.15, 0.2) is 33.9 Å². The van der Waals surface area contributed by atoms with Crippen LogP contribution in [0.5, 0.6) is 0 Å². The van der Waals surface area contributed by atoms with E-state index in [2.05, 4.69) is 24.6 Å². The van der Waals surface area contributed by atoms with Gasteiger partial charge in [0.15, 0.2) is 11.2 Å². The zero-order valence-electron chi connectivity index (χ0n) is 16.9. The van der Waals surface area contributed by atoms with Crippen molar-refractivity contribution in [2.75, 3.05) is 6.61 Å². The molecule has 0 aliphatic carbocycles. The summed E-state index contributed by atoms with van der Waals surface area (Å²) < 4.78 is 23.5. The lowest BCUT2D eigenvalue weighted by molar-refractivity contribution is 0.0857. The number of aromatic nitrogens is 4. The molecule has 0 saturated carbocycles. The Balaban J connectivity index is 2.04. The average Bonchev–Trinajstić information content (AvgIpc) is 2.96. The molecular formula is C19H24ClFN4O3Si. The molecule has 0 bridgehead atoms. The molecule has 156 valence electrons. The molecule has 3 aromatic rings. The molecule has 0 fully saturated rings. The first kappa shape index (κ1) is 21.5. The standard InChI is InChI=1S/C19H24ClFN4O3Si/c1-23-17(26)15-16(25(19(23)27)12-28-9-10-29(2,3)4)22-18(20)24(15)11-13-7-5-6-8-14(13)21/h5-8H,9-12H2,1-4H3. The Kier molecular flexibility index (Phi) is 6.11. The van der Waals surface area contributed by atoms with E-state index >= 15 is 0 Å². The van der Waals surface area contributed by atoms with E-state index in [1.54, 1.807) is 18.2 Å². The molecule has 2 heterocycles. The summed E-state index contributed by atoms with van der Waals surface area (Å²) in [5.74, 6) is -0.412. The number of rotatable bonds is 7. The fraction of sp³-hybridized carbons (Fsp3) is 0.421. The number of ether oxygens (including phenoxy) is 1. The molecule has 0 spiro atoms. The van der Waals surface area contributed by atoms with Gasteiger partial charge in [0.05, 0.1) is 6.54 Å². The maximum atomic E-state index is 14.1. The summed E-state index contributed by atoms with van der Waals surface area (Å²) in [6, 6.07) is 7.17. The van der Waals surface area contributed by atoms with E-state index in [0.29, 0.717) is 12.2 Å². The third-order valence-corrected chi connectivity index (χ3v) is 6.68. The molecule has 29 heavy (non-hydrogen) atoms. The molecule has 0 atom stereocenters. The fourth-order valence-corrected chi connectivity index (χ4v) is 3.90. The Hall–Kier alpha value is -2.23. The van der Waals surface area contributed by atoms with Gasteiger partial charge in [-0.15, -0.1) is 0 Å². The molecule has 0 N–H and O–H groups in total. The second-order valence-electron chi connectivity index (χ2n) is 8.15. The Labute approximate surface area is 173 Å². The maximum absolute atomic E-state index is 14.1. The van der Waals surface area contributed by atoms with Gasteiger partial charge in [-0.2, -0.15) is 4.98 Å². The van der Waals surface area contributed by atoms with Crippen molar-refractivity contribution >= 4 is 30.8 Å². The molecule has 10 heteroatoms. The molecule has 0 aliphatic rings. The lowest BCUT2D eigenvalue weighted by atomic mass is 10.2. The molecule has 0 radical (unpaired) electrons. The first-order valence-corrected chi connectivity index (χ1v) is 13.4. The van der Waals surface area contributed by atoms with Crippen LogP contribution in [0.1, 0.15) is 5.56 Å². The Morgan fingerprint density at radius 1 is 1.17 bits per heavy atom. The first-order chi connectivity index (χ1) is 13.6. The molecule has 0 unspecified atom stereocenters. The number of benzene rings is 1. The van der Waals surface area contributed by atoms with E-state index in [1.165, 1.54) is 22.2 Å². The van der Waals surface area contributed by atoms with Crippen LogP contribution in [0.2, 0.25) is 31.0 Å². The Bertz CT molecular complexity index is 1160. The number of halogens is 2. The van der Waals surface area contributed by atoms with Gasteiger partial charge < -0.3 is 9.30 Å². The Morgan fingerprint density at radius 3 is 2.52 bits per heavy atom. The molecule has 0 saturated heterocycles. The van der Waals surface area contributed by atoms with Crippen LogP contribution in [0.4, 0.5) is 4.39 Å². The van der Waals surface area contributed by atoms with E-state index in [1.807, 2.05) is 0 Å². The van der Waals surface area contributed by atoms with Crippen molar-refractivity contribution in [3.63, 3.8) is 0 Å². The molecule has 2 aromatic heterocycles. The smallest absolute Gasteiger partial charge is 0.334 e. The zero-order valence-corrected chi connectivity index (χ0v) is 18.7. The van der Waals surface area contributed by atoms with Crippen LogP contribution >= 0.6 is 11.6 Å². The predicted octanol–water partition coefficient (Wildman–Crippen LogP) is 3.05. The van der Waals surface area contributed by atoms with Crippen LogP contribution in [-0.2, 0) is 25.1 Å². The molecule has 3 rings (SSSR count). The third kappa shape index (κ3) is 4.52. The van der Waals surface area contributed by atoms with Crippen LogP contribution in [0.25, 0.3) is 11.2 Å². The van der Waals surface area contributed by atoms with Gasteiger partial charge in [0.2, 0.25) is 5.28 Å². The minimum atomic E-state index is -1.28. The quantitative estimate of drug-likeness (QED) is 0.323. The predicted molar refractivity (Wildman–Crippen MR) is 114 cm³/mol. The lowest BCUT2D eigenvalue weighted by Gasteiger charge is -2.16. The molecular weight excluding hydrogens is 415 g/mol. The monoisotopic (exact) mass is 438 g/mol. The number of hydrogen-bond donors (Lipinski definition) is 0. The van der Waals surface area contributed by atoms with E-state index in [-0.39, 0.29) is 29.7 Å². The highest BCUT2D eigenvalue weighted by atomic mass is 35.5. The number of nitrogens with zero attached hydrogens (tertiary/aromatic N) is 4. The molecule has 1 aromatic carbocycles. The number of hydrogen-bond acceptors (Lipinski definition) is 4. The Morgan fingerprint density at radius 2 is 1.86 bits per heavy atom. The fourth-order valence-electron chi connectivity index (χ4n) is 2.92. The largest absolute Gasteiger partial charge is 0.361 e. The van der Waals surface area contributed by atoms with Gasteiger partial charge in [0.25, 0.3) is 5.56 Å². The van der Waals surface area contributed by atoms with E-state index in [9.17, 15) is 14.0 Å². The van der Waals surface area contributed by atoms with Gasteiger partial charge in [-0.25, -0.2) is 9.18 Å². The van der Waals surface area contributed by atoms with Crippen molar-refractivity contribution in [1.82, 2.24) is 18.7 Å². The molecule has 0 aliphatic heterocycles. The van der Waals surface area contributed by atoms with Crippen molar-refractivity contribution < 1.29 is 9.13 Å². The normalized spacial score (nSPS) is 12.1. The van der Waals surface area contributed by atoms with Gasteiger partial charge in [-0.1, -0.05) is 37.8 Å². The van der Waals surface area contributed by atoms with Crippen molar-refractivity contribution in [2.24, 2.45) is 7.05 Å². The summed E-state index contributed by atoms with van der Waals surface area (Å²) in [6.45, 7) is 7.19. The second-order valence-corrected chi connectivity index (χ2v) is 14.1. The molecule has 7 nitrogen and oxygen atoms in total. The minimum Gasteiger partial charge on any atom is -0.361 e. The summed E-state index contributed by atoms with van der Waals surface area (Å²) >= 11 is 6.27. The van der Waals surface area contributed by atoms with E-state index in [0.717, 1.165) is 10.6 Å². The van der Waals surface area contributed by atoms with Crippen LogP contribution in [-0.4, -0.2) is 33.4 Å². The van der Waals surface area contributed by atoms with Gasteiger partial charge in [-0.3, -0.25) is 13.9 Å². The highest BCUT2D eigenvalue weighted by Gasteiger charge is 2.21. The summed E-state index contributed by atoms with van der Waals surface area (Å²) in [5.41, 5.74) is -0.455. The summed E-state index contributed by atoms with van der Waals surface area (Å²) in [4.78, 5) is 29.6. The van der Waals surface area contributed by atoms with Gasteiger partial charge in [-0.05, 0) is 23.7 Å². The SMILES string of the molecule is Cn1c(=O)c2c(nc(Cl)n2Cc2ccccc2F)n(COCC[Si](C)(C)C)c1=O. The van der Waals surface area contributed by atoms with Crippen molar-refractivity contribution in [1.29, 1.82) is 0 Å². The van der Waals surface area contributed by atoms with Crippen LogP contribution < -0.4 is 11.2 Å². The first-order valence-electron chi connectivity index (χ1n) is 9.27. The average molecular weight is 439 g/mol. The van der Waals surface area contributed by atoms with Gasteiger partial charge in [0.1, 0.15) is 12.5 Å². The van der Waals surface area contributed by atoms with E-state index < -0.39 is 25.1 Å². The zero-order chi connectivity index (χ0) is 21.3. The van der Waals surface area contributed by atoms with Crippen molar-refractivity contribution in [3.8, 4) is 0 Å². The summed E-state index contributed by atoms with van der Waals surface area (Å²) in [5, 5.41) is 0.00167. The van der Waals surface area contributed by atoms with Gasteiger partial charge >= 0.3 is 5.69 Å². The number of imidazole rings is 1. The topological polar surface area (TPSA) is 71.1 Å². The van der Waals surface area contributed by atoms with Gasteiger partial charge in [0, 0.05) is 27.3 Å². The number of fused-ring (bicyclic) bond motifs is 1. The second kappa shape index (κ2) is 8.25. The summed E-state index contributed by atoms with van der Waals surface area (Å²) in [7, 11) is 0.106. The van der Waals surface area contributed by atoms with E-state index in [4.69, 9.17) is 16.3 Å². The van der Waals surface area contributed by atoms with Crippen molar-refractivity contribution in [2.45, 2.75) is 39.0 Å². The van der Waals surface area contributed by atoms with Crippen molar-refractivity contribution in [3.05, 3.63) is 61.8 Å². The van der Waals surface area contributed by atoms with Crippen LogP contribution in [0, 0.1) is 5.82 Å². The molecule has 0 amide bonds. The summed E-state index contributed by atoms with van der Waals surface area (Å²) in [6.07, 6.45) is 0. The lowest BCUT2D eigenvalue weighted by Crippen LogP contribution is -2.39. The minimum absolute atomic E-state index is 0.00167. The van der Waals surface area contributed by atoms with Crippen LogP contribution in [0.3, 0.4) is 0 Å². The highest BCUT2D eigenvalue weighted by Crippen LogP contribution is 2.19. The highest BCUT2D eigenvalue weighted by molar-refractivity contribution is 6.76. The maximum Gasteiger partial charge on any atom is 0.334 e. The third-order valence-electron chi connectivity index (χ3n) is 4.69.